The molecule has 0 aliphatic carbocycles. The minimum absolute atomic E-state index is 0.0241. The summed E-state index contributed by atoms with van der Waals surface area (Å²) < 4.78 is 63.9. The summed E-state index contributed by atoms with van der Waals surface area (Å²) in [5, 5.41) is 21.4. The van der Waals surface area contributed by atoms with Gasteiger partial charge >= 0.3 is 10.4 Å². The number of β-lactam (4-membered cyclic amide) rings is 1. The standard InChI is InChI=1S/C27H28F2N2O4.H2O4S/c28-18-4-2-17(3-5-18)24(32)13-12-23-26(31(27(23)34)20-8-6-19(29)7-9-20)22-11-10-21(16-25(22)33)35-15-1-14-30;1-5(2,3)4/h2-11,16,23-24,26,32-33H,1,12-15,30H2;(H2,1,2,3,4). The summed E-state index contributed by atoms with van der Waals surface area (Å²) in [5.41, 5.74) is 7.09. The van der Waals surface area contributed by atoms with Crippen LogP contribution in [-0.4, -0.2) is 46.8 Å². The molecule has 1 aliphatic rings. The van der Waals surface area contributed by atoms with Crippen molar-refractivity contribution in [3.8, 4) is 11.5 Å². The third-order valence-corrected chi connectivity index (χ3v) is 6.26. The molecule has 1 amide bonds. The van der Waals surface area contributed by atoms with Gasteiger partial charge in [-0.1, -0.05) is 12.1 Å². The first-order valence-corrected chi connectivity index (χ1v) is 13.7. The number of carbonyl (C=O) groups is 1. The first-order valence-electron chi connectivity index (χ1n) is 12.3. The number of aliphatic hydroxyl groups excluding tert-OH is 1. The number of hydrogen-bond acceptors (Lipinski definition) is 7. The van der Waals surface area contributed by atoms with Gasteiger partial charge in [0, 0.05) is 17.3 Å². The molecule has 3 aromatic carbocycles. The van der Waals surface area contributed by atoms with Gasteiger partial charge in [0.15, 0.2) is 0 Å². The molecule has 0 bridgehead atoms. The van der Waals surface area contributed by atoms with Crippen LogP contribution in [0.2, 0.25) is 0 Å². The van der Waals surface area contributed by atoms with Gasteiger partial charge in [-0.15, -0.1) is 0 Å². The highest BCUT2D eigenvalue weighted by Gasteiger charge is 2.49. The summed E-state index contributed by atoms with van der Waals surface area (Å²) >= 11 is 0. The largest absolute Gasteiger partial charge is 0.507 e. The molecule has 1 heterocycles. The number of phenols is 1. The van der Waals surface area contributed by atoms with Crippen LogP contribution in [0.5, 0.6) is 11.5 Å². The van der Waals surface area contributed by atoms with Gasteiger partial charge in [0.25, 0.3) is 0 Å². The molecule has 13 heteroatoms. The fraction of sp³-hybridized carbons (Fsp3) is 0.296. The van der Waals surface area contributed by atoms with E-state index in [9.17, 15) is 23.8 Å². The Balaban J connectivity index is 0.000000810. The van der Waals surface area contributed by atoms with Crippen LogP contribution in [0.4, 0.5) is 14.5 Å². The Morgan fingerprint density at radius 2 is 1.55 bits per heavy atom. The Bertz CT molecular complexity index is 1380. The van der Waals surface area contributed by atoms with Crippen LogP contribution in [0.15, 0.2) is 66.7 Å². The van der Waals surface area contributed by atoms with Crippen LogP contribution >= 0.6 is 0 Å². The number of ether oxygens (including phenoxy) is 1. The van der Waals surface area contributed by atoms with Crippen molar-refractivity contribution in [3.05, 3.63) is 89.5 Å². The summed E-state index contributed by atoms with van der Waals surface area (Å²) in [6.45, 7) is 0.912. The number of benzene rings is 3. The Labute approximate surface area is 230 Å². The molecule has 6 N–H and O–H groups in total. The highest BCUT2D eigenvalue weighted by molar-refractivity contribution is 7.79. The van der Waals surface area contributed by atoms with Crippen LogP contribution in [-0.2, 0) is 15.2 Å². The second kappa shape index (κ2) is 13.6. The van der Waals surface area contributed by atoms with Crippen LogP contribution in [0.25, 0.3) is 0 Å². The molecule has 0 spiro atoms. The number of aliphatic hydroxyl groups is 1. The number of carbonyl (C=O) groups excluding carboxylic acids is 1. The molecule has 0 aromatic heterocycles. The van der Waals surface area contributed by atoms with Crippen molar-refractivity contribution in [2.75, 3.05) is 18.1 Å². The summed E-state index contributed by atoms with van der Waals surface area (Å²) in [4.78, 5) is 14.7. The third-order valence-electron chi connectivity index (χ3n) is 6.26. The summed E-state index contributed by atoms with van der Waals surface area (Å²) in [5.74, 6) is -1.04. The zero-order valence-electron chi connectivity index (χ0n) is 21.2. The molecule has 40 heavy (non-hydrogen) atoms. The molecule has 1 saturated heterocycles. The van der Waals surface area contributed by atoms with Crippen molar-refractivity contribution in [2.45, 2.75) is 31.4 Å². The van der Waals surface area contributed by atoms with Crippen LogP contribution in [0.3, 0.4) is 0 Å². The molecule has 0 radical (unpaired) electrons. The number of phenolic OH excluding ortho intramolecular Hbond substituents is 1. The minimum atomic E-state index is -4.67. The van der Waals surface area contributed by atoms with Crippen molar-refractivity contribution in [1.82, 2.24) is 0 Å². The smallest absolute Gasteiger partial charge is 0.394 e. The fourth-order valence-electron chi connectivity index (χ4n) is 4.40. The molecule has 3 atom stereocenters. The maximum atomic E-state index is 13.5. The molecule has 0 saturated carbocycles. The van der Waals surface area contributed by atoms with Gasteiger partial charge in [-0.2, -0.15) is 8.42 Å². The highest BCUT2D eigenvalue weighted by atomic mass is 32.3. The third kappa shape index (κ3) is 8.44. The van der Waals surface area contributed by atoms with Crippen molar-refractivity contribution in [1.29, 1.82) is 0 Å². The van der Waals surface area contributed by atoms with E-state index in [0.717, 1.165) is 0 Å². The lowest BCUT2D eigenvalue weighted by molar-refractivity contribution is -0.131. The molecule has 216 valence electrons. The molecule has 4 rings (SSSR count). The molecule has 1 fully saturated rings. The summed E-state index contributed by atoms with van der Waals surface area (Å²) in [7, 11) is -4.67. The predicted molar refractivity (Wildman–Crippen MR) is 142 cm³/mol. The van der Waals surface area contributed by atoms with Crippen LogP contribution in [0.1, 0.15) is 42.5 Å². The fourth-order valence-corrected chi connectivity index (χ4v) is 4.40. The zero-order chi connectivity index (χ0) is 29.4. The van der Waals surface area contributed by atoms with Gasteiger partial charge in [-0.3, -0.25) is 13.9 Å². The van der Waals surface area contributed by atoms with E-state index in [4.69, 9.17) is 28.0 Å². The number of anilines is 1. The lowest BCUT2D eigenvalue weighted by Crippen LogP contribution is -2.55. The first-order chi connectivity index (χ1) is 18.9. The average molecular weight is 581 g/mol. The Morgan fingerprint density at radius 1 is 0.975 bits per heavy atom. The maximum Gasteiger partial charge on any atom is 0.394 e. The second-order valence-corrected chi connectivity index (χ2v) is 9.94. The van der Waals surface area contributed by atoms with E-state index in [1.54, 1.807) is 12.1 Å². The van der Waals surface area contributed by atoms with Gasteiger partial charge in [0.2, 0.25) is 5.91 Å². The minimum Gasteiger partial charge on any atom is -0.507 e. The lowest BCUT2D eigenvalue weighted by atomic mass is 9.78. The molecular weight excluding hydrogens is 550 g/mol. The van der Waals surface area contributed by atoms with E-state index in [-0.39, 0.29) is 18.1 Å². The average Bonchev–Trinajstić information content (AvgIpc) is 2.88. The van der Waals surface area contributed by atoms with Gasteiger partial charge in [-0.05, 0) is 79.9 Å². The molecule has 1 aliphatic heterocycles. The van der Waals surface area contributed by atoms with Crippen molar-refractivity contribution < 1.29 is 46.0 Å². The van der Waals surface area contributed by atoms with Crippen LogP contribution in [0, 0.1) is 17.6 Å². The summed E-state index contributed by atoms with van der Waals surface area (Å²) in [6, 6.07) is 15.6. The van der Waals surface area contributed by atoms with Crippen LogP contribution < -0.4 is 15.4 Å². The topological polar surface area (TPSA) is 171 Å². The lowest BCUT2D eigenvalue weighted by Gasteiger charge is -2.48. The number of rotatable bonds is 10. The van der Waals surface area contributed by atoms with E-state index >= 15 is 0 Å². The zero-order valence-corrected chi connectivity index (χ0v) is 22.0. The number of nitrogens with zero attached hydrogens (tertiary/aromatic N) is 1. The molecular formula is C27H30F2N2O8S. The molecule has 3 unspecified atom stereocenters. The van der Waals surface area contributed by atoms with Gasteiger partial charge in [0.05, 0.1) is 24.7 Å². The number of amides is 1. The highest BCUT2D eigenvalue weighted by Crippen LogP contribution is 2.49. The molecule has 3 aromatic rings. The Morgan fingerprint density at radius 3 is 2.10 bits per heavy atom. The number of aromatic hydroxyl groups is 1. The number of hydrogen-bond donors (Lipinski definition) is 5. The van der Waals surface area contributed by atoms with E-state index in [1.807, 2.05) is 0 Å². The van der Waals surface area contributed by atoms with E-state index in [1.165, 1.54) is 59.5 Å². The quantitative estimate of drug-likeness (QED) is 0.135. The van der Waals surface area contributed by atoms with E-state index < -0.39 is 40.1 Å². The van der Waals surface area contributed by atoms with Gasteiger partial charge in [0.1, 0.15) is 23.1 Å². The Hall–Kier alpha value is -3.62. The Kier molecular flexibility index (Phi) is 10.5. The predicted octanol–water partition coefficient (Wildman–Crippen LogP) is 3.96. The first kappa shape index (κ1) is 30.9. The monoisotopic (exact) mass is 580 g/mol. The van der Waals surface area contributed by atoms with Crippen molar-refractivity contribution in [2.24, 2.45) is 11.7 Å². The summed E-state index contributed by atoms with van der Waals surface area (Å²) in [6.07, 6.45) is 0.428. The number of halogens is 2. The van der Waals surface area contributed by atoms with E-state index in [2.05, 4.69) is 0 Å². The van der Waals surface area contributed by atoms with Crippen molar-refractivity contribution >= 4 is 22.0 Å². The SMILES string of the molecule is NCCCOc1ccc(C2C(CCC(O)c3ccc(F)cc3)C(=O)N2c2ccc(F)cc2)c(O)c1.O=S(=O)(O)O. The second-order valence-electron chi connectivity index (χ2n) is 9.04. The van der Waals surface area contributed by atoms with Gasteiger partial charge < -0.3 is 25.6 Å². The van der Waals surface area contributed by atoms with Crippen molar-refractivity contribution in [3.63, 3.8) is 0 Å². The van der Waals surface area contributed by atoms with E-state index in [0.29, 0.717) is 48.6 Å². The molecule has 10 nitrogen and oxygen atoms in total. The normalized spacial score (nSPS) is 17.4. The van der Waals surface area contributed by atoms with Gasteiger partial charge in [-0.25, -0.2) is 8.78 Å². The maximum absolute atomic E-state index is 13.5. The number of nitrogens with two attached hydrogens (primary N) is 1.